The quantitative estimate of drug-likeness (QED) is 0.837. The maximum absolute atomic E-state index is 5.61. The third-order valence-corrected chi connectivity index (χ3v) is 4.69. The van der Waals surface area contributed by atoms with Gasteiger partial charge >= 0.3 is 0 Å². The van der Waals surface area contributed by atoms with Crippen molar-refractivity contribution in [2.45, 2.75) is 31.8 Å². The fourth-order valence-corrected chi connectivity index (χ4v) is 3.33. The summed E-state index contributed by atoms with van der Waals surface area (Å²) in [4.78, 5) is 6.88. The topological polar surface area (TPSA) is 75.2 Å². The van der Waals surface area contributed by atoms with Crippen molar-refractivity contribution in [2.75, 3.05) is 41.8 Å². The van der Waals surface area contributed by atoms with Gasteiger partial charge in [0.1, 0.15) is 0 Å². The monoisotopic (exact) mass is 340 g/mol. The summed E-state index contributed by atoms with van der Waals surface area (Å²) in [5.41, 5.74) is 2.23. The van der Waals surface area contributed by atoms with Crippen LogP contribution in [0.1, 0.15) is 25.7 Å². The highest BCUT2D eigenvalue weighted by Gasteiger charge is 2.15. The molecule has 2 saturated heterocycles. The lowest BCUT2D eigenvalue weighted by Crippen LogP contribution is -2.19. The van der Waals surface area contributed by atoms with Crippen LogP contribution in [0.5, 0.6) is 0 Å². The Morgan fingerprint density at radius 2 is 1.96 bits per heavy atom. The largest absolute Gasteiger partial charge is 0.376 e. The van der Waals surface area contributed by atoms with Gasteiger partial charge in [-0.3, -0.25) is 0 Å². The fraction of sp³-hybridized carbons (Fsp3) is 0.500. The van der Waals surface area contributed by atoms with E-state index in [0.717, 1.165) is 44.8 Å². The molecule has 2 aliphatic heterocycles. The van der Waals surface area contributed by atoms with Gasteiger partial charge in [0.15, 0.2) is 5.82 Å². The van der Waals surface area contributed by atoms with Gasteiger partial charge in [0.2, 0.25) is 5.95 Å². The Balaban J connectivity index is 1.35. The molecule has 2 aromatic rings. The standard InChI is InChI=1S/C18H24N6O/c1-2-10-24(9-1)15-7-5-14(6-8-15)21-18-22-17(13-20-23-18)19-12-16-4-3-11-25-16/h5-8,13,16H,1-4,9-12H2,(H2,19,21,22,23). The van der Waals surface area contributed by atoms with Gasteiger partial charge in [0.05, 0.1) is 12.3 Å². The van der Waals surface area contributed by atoms with Crippen LogP contribution >= 0.6 is 0 Å². The number of hydrogen-bond acceptors (Lipinski definition) is 7. The molecule has 0 bridgehead atoms. The average Bonchev–Trinajstić information content (AvgIpc) is 3.35. The van der Waals surface area contributed by atoms with E-state index in [-0.39, 0.29) is 6.10 Å². The SMILES string of the molecule is c1cc(N2CCCC2)ccc1Nc1nncc(NCC2CCCO2)n1. The maximum Gasteiger partial charge on any atom is 0.249 e. The smallest absolute Gasteiger partial charge is 0.249 e. The van der Waals surface area contributed by atoms with Crippen molar-refractivity contribution in [2.24, 2.45) is 0 Å². The van der Waals surface area contributed by atoms with Crippen LogP contribution < -0.4 is 15.5 Å². The first-order valence-electron chi connectivity index (χ1n) is 9.04. The number of anilines is 4. The molecule has 25 heavy (non-hydrogen) atoms. The average molecular weight is 340 g/mol. The summed E-state index contributed by atoms with van der Waals surface area (Å²) in [5, 5.41) is 14.6. The highest BCUT2D eigenvalue weighted by atomic mass is 16.5. The minimum Gasteiger partial charge on any atom is -0.376 e. The van der Waals surface area contributed by atoms with Crippen molar-refractivity contribution in [3.05, 3.63) is 30.5 Å². The Bertz CT molecular complexity index is 680. The second-order valence-corrected chi connectivity index (χ2v) is 6.55. The van der Waals surface area contributed by atoms with Crippen LogP contribution in [-0.4, -0.2) is 47.5 Å². The first kappa shape index (κ1) is 16.1. The lowest BCUT2D eigenvalue weighted by atomic mass is 10.2. The molecule has 1 aromatic carbocycles. The second kappa shape index (κ2) is 7.65. The van der Waals surface area contributed by atoms with E-state index in [0.29, 0.717) is 11.8 Å². The van der Waals surface area contributed by atoms with Crippen LogP contribution in [0.15, 0.2) is 30.5 Å². The highest BCUT2D eigenvalue weighted by Crippen LogP contribution is 2.23. The van der Waals surface area contributed by atoms with E-state index < -0.39 is 0 Å². The van der Waals surface area contributed by atoms with E-state index in [1.54, 1.807) is 6.20 Å². The molecule has 1 unspecified atom stereocenters. The molecule has 7 heteroatoms. The first-order chi connectivity index (χ1) is 12.4. The summed E-state index contributed by atoms with van der Waals surface area (Å²) in [6.07, 6.45) is 6.70. The molecule has 132 valence electrons. The van der Waals surface area contributed by atoms with Crippen LogP contribution in [0.25, 0.3) is 0 Å². The maximum atomic E-state index is 5.61. The summed E-state index contributed by atoms with van der Waals surface area (Å²) < 4.78 is 5.61. The number of nitrogens with zero attached hydrogens (tertiary/aromatic N) is 4. The Kier molecular flexibility index (Phi) is 4.92. The molecule has 3 heterocycles. The molecule has 2 aliphatic rings. The van der Waals surface area contributed by atoms with E-state index in [1.165, 1.54) is 18.5 Å². The van der Waals surface area contributed by atoms with Gasteiger partial charge < -0.3 is 20.3 Å². The molecular weight excluding hydrogens is 316 g/mol. The van der Waals surface area contributed by atoms with E-state index in [1.807, 2.05) is 0 Å². The zero-order valence-corrected chi connectivity index (χ0v) is 14.3. The lowest BCUT2D eigenvalue weighted by molar-refractivity contribution is 0.120. The van der Waals surface area contributed by atoms with Gasteiger partial charge in [-0.15, -0.1) is 5.10 Å². The van der Waals surface area contributed by atoms with Crippen molar-refractivity contribution in [1.82, 2.24) is 15.2 Å². The molecule has 7 nitrogen and oxygen atoms in total. The molecule has 4 rings (SSSR count). The van der Waals surface area contributed by atoms with Crippen molar-refractivity contribution in [1.29, 1.82) is 0 Å². The van der Waals surface area contributed by atoms with Gasteiger partial charge in [0.25, 0.3) is 0 Å². The minimum atomic E-state index is 0.268. The first-order valence-corrected chi connectivity index (χ1v) is 9.04. The number of benzene rings is 1. The predicted octanol–water partition coefficient (Wildman–Crippen LogP) is 2.81. The number of nitrogens with one attached hydrogen (secondary N) is 2. The highest BCUT2D eigenvalue weighted by molar-refractivity contribution is 5.59. The van der Waals surface area contributed by atoms with Gasteiger partial charge in [-0.2, -0.15) is 10.1 Å². The van der Waals surface area contributed by atoms with Gasteiger partial charge in [0, 0.05) is 37.6 Å². The van der Waals surface area contributed by atoms with E-state index in [9.17, 15) is 0 Å². The molecular formula is C18H24N6O. The van der Waals surface area contributed by atoms with Crippen molar-refractivity contribution in [3.63, 3.8) is 0 Å². The summed E-state index contributed by atoms with van der Waals surface area (Å²) in [6, 6.07) is 8.40. The fourth-order valence-electron chi connectivity index (χ4n) is 3.33. The molecule has 0 aliphatic carbocycles. The van der Waals surface area contributed by atoms with Crippen molar-refractivity contribution >= 4 is 23.1 Å². The second-order valence-electron chi connectivity index (χ2n) is 6.55. The Labute approximate surface area is 147 Å². The molecule has 0 radical (unpaired) electrons. The number of ether oxygens (including phenoxy) is 1. The molecule has 1 aromatic heterocycles. The van der Waals surface area contributed by atoms with Crippen LogP contribution in [0, 0.1) is 0 Å². The Morgan fingerprint density at radius 1 is 1.12 bits per heavy atom. The van der Waals surface area contributed by atoms with Crippen LogP contribution in [0.3, 0.4) is 0 Å². The Hall–Kier alpha value is -2.41. The van der Waals surface area contributed by atoms with E-state index in [4.69, 9.17) is 4.74 Å². The van der Waals surface area contributed by atoms with Crippen molar-refractivity contribution < 1.29 is 4.74 Å². The summed E-state index contributed by atoms with van der Waals surface area (Å²) >= 11 is 0. The lowest BCUT2D eigenvalue weighted by Gasteiger charge is -2.17. The van der Waals surface area contributed by atoms with E-state index >= 15 is 0 Å². The van der Waals surface area contributed by atoms with Crippen LogP contribution in [0.2, 0.25) is 0 Å². The van der Waals surface area contributed by atoms with E-state index in [2.05, 4.69) is 55.0 Å². The van der Waals surface area contributed by atoms with Gasteiger partial charge in [-0.05, 0) is 49.9 Å². The zero-order valence-electron chi connectivity index (χ0n) is 14.3. The summed E-state index contributed by atoms with van der Waals surface area (Å²) in [7, 11) is 0. The number of aromatic nitrogens is 3. The third kappa shape index (κ3) is 4.17. The molecule has 2 fully saturated rings. The normalized spacial score (nSPS) is 20.0. The predicted molar refractivity (Wildman–Crippen MR) is 98.5 cm³/mol. The number of rotatable bonds is 6. The number of hydrogen-bond donors (Lipinski definition) is 2. The molecule has 2 N–H and O–H groups in total. The third-order valence-electron chi connectivity index (χ3n) is 4.69. The molecule has 0 saturated carbocycles. The molecule has 0 amide bonds. The summed E-state index contributed by atoms with van der Waals surface area (Å²) in [5.74, 6) is 1.20. The van der Waals surface area contributed by atoms with Crippen molar-refractivity contribution in [3.8, 4) is 0 Å². The minimum absolute atomic E-state index is 0.268. The van der Waals surface area contributed by atoms with Crippen LogP contribution in [0.4, 0.5) is 23.1 Å². The molecule has 1 atom stereocenters. The Morgan fingerprint density at radius 3 is 2.72 bits per heavy atom. The molecule has 0 spiro atoms. The van der Waals surface area contributed by atoms with Gasteiger partial charge in [-0.25, -0.2) is 0 Å². The van der Waals surface area contributed by atoms with Crippen LogP contribution in [-0.2, 0) is 4.74 Å². The zero-order chi connectivity index (χ0) is 16.9. The van der Waals surface area contributed by atoms with Gasteiger partial charge in [-0.1, -0.05) is 0 Å². The summed E-state index contributed by atoms with van der Waals surface area (Å²) in [6.45, 7) is 3.91.